The first-order chi connectivity index (χ1) is 9.33. The molecule has 1 rings (SSSR count). The second-order valence-electron chi connectivity index (χ2n) is 4.94. The van der Waals surface area contributed by atoms with Crippen molar-refractivity contribution in [1.82, 2.24) is 5.32 Å². The third-order valence-corrected chi connectivity index (χ3v) is 4.38. The molecule has 0 aliphatic heterocycles. The average Bonchev–Trinajstić information content (AvgIpc) is 2.33. The quantitative estimate of drug-likeness (QED) is 0.801. The highest BCUT2D eigenvalue weighted by Gasteiger charge is 2.14. The van der Waals surface area contributed by atoms with Gasteiger partial charge in [0.25, 0.3) is 0 Å². The smallest absolute Gasteiger partial charge is 0.147 e. The molecule has 1 aromatic carbocycles. The zero-order valence-corrected chi connectivity index (χ0v) is 13.4. The largest absolute Gasteiger partial charge is 0.314 e. The fraction of sp³-hybridized carbons (Fsp3) is 0.571. The van der Waals surface area contributed by atoms with Crippen LogP contribution in [0.25, 0.3) is 0 Å². The fourth-order valence-corrected chi connectivity index (χ4v) is 3.01. The first-order valence-electron chi connectivity index (χ1n) is 6.67. The highest BCUT2D eigenvalue weighted by molar-refractivity contribution is 7.90. The van der Waals surface area contributed by atoms with Gasteiger partial charge in [-0.3, -0.25) is 0 Å². The van der Waals surface area contributed by atoms with Crippen molar-refractivity contribution in [2.24, 2.45) is 0 Å². The van der Waals surface area contributed by atoms with Crippen LogP contribution in [-0.2, 0) is 16.3 Å². The van der Waals surface area contributed by atoms with E-state index in [4.69, 9.17) is 11.6 Å². The molecule has 1 unspecified atom stereocenters. The van der Waals surface area contributed by atoms with Gasteiger partial charge in [0.05, 0.1) is 5.02 Å². The molecule has 0 aliphatic carbocycles. The van der Waals surface area contributed by atoms with E-state index in [1.54, 1.807) is 12.1 Å². The van der Waals surface area contributed by atoms with Crippen molar-refractivity contribution in [2.45, 2.75) is 32.2 Å². The average molecular weight is 322 g/mol. The Morgan fingerprint density at radius 1 is 1.40 bits per heavy atom. The number of hydrogen-bond acceptors (Lipinski definition) is 3. The van der Waals surface area contributed by atoms with E-state index in [2.05, 4.69) is 5.32 Å². The van der Waals surface area contributed by atoms with E-state index in [-0.39, 0.29) is 22.6 Å². The number of hydrogen-bond donors (Lipinski definition) is 1. The summed E-state index contributed by atoms with van der Waals surface area (Å²) in [6.45, 7) is 2.73. The van der Waals surface area contributed by atoms with Crippen LogP contribution in [0.15, 0.2) is 18.2 Å². The van der Waals surface area contributed by atoms with E-state index in [0.29, 0.717) is 24.8 Å². The molecule has 0 aromatic heterocycles. The molecule has 0 aliphatic rings. The molecule has 0 spiro atoms. The van der Waals surface area contributed by atoms with Gasteiger partial charge in [0, 0.05) is 18.1 Å². The van der Waals surface area contributed by atoms with Gasteiger partial charge >= 0.3 is 0 Å². The van der Waals surface area contributed by atoms with Crippen molar-refractivity contribution in [3.05, 3.63) is 34.6 Å². The van der Waals surface area contributed by atoms with Crippen molar-refractivity contribution in [3.63, 3.8) is 0 Å². The lowest BCUT2D eigenvalue weighted by Crippen LogP contribution is -2.31. The Hall–Kier alpha value is -0.650. The minimum atomic E-state index is -2.95. The SMILES string of the molecule is CCNC(CCCS(C)(=O)=O)Cc1cccc(Cl)c1F. The van der Waals surface area contributed by atoms with Crippen LogP contribution < -0.4 is 5.32 Å². The summed E-state index contributed by atoms with van der Waals surface area (Å²) in [5.74, 6) is -0.229. The summed E-state index contributed by atoms with van der Waals surface area (Å²) >= 11 is 5.76. The van der Waals surface area contributed by atoms with E-state index >= 15 is 0 Å². The summed E-state index contributed by atoms with van der Waals surface area (Å²) in [6, 6.07) is 5.00. The minimum absolute atomic E-state index is 0.0507. The van der Waals surface area contributed by atoms with Gasteiger partial charge in [0.15, 0.2) is 0 Å². The van der Waals surface area contributed by atoms with Crippen LogP contribution in [0.5, 0.6) is 0 Å². The number of sulfone groups is 1. The van der Waals surface area contributed by atoms with Gasteiger partial charge in [0.1, 0.15) is 15.7 Å². The third kappa shape index (κ3) is 6.20. The maximum absolute atomic E-state index is 13.9. The van der Waals surface area contributed by atoms with Crippen LogP contribution in [0.1, 0.15) is 25.3 Å². The zero-order valence-electron chi connectivity index (χ0n) is 11.8. The van der Waals surface area contributed by atoms with Crippen molar-refractivity contribution in [3.8, 4) is 0 Å². The Morgan fingerprint density at radius 2 is 2.10 bits per heavy atom. The Bertz CT molecular complexity index is 534. The number of benzene rings is 1. The summed E-state index contributed by atoms with van der Waals surface area (Å²) in [7, 11) is -2.95. The van der Waals surface area contributed by atoms with Crippen molar-refractivity contribution in [2.75, 3.05) is 18.6 Å². The normalized spacial score (nSPS) is 13.4. The maximum atomic E-state index is 13.9. The molecular weight excluding hydrogens is 301 g/mol. The summed E-state index contributed by atoms with van der Waals surface area (Å²) < 4.78 is 36.1. The highest BCUT2D eigenvalue weighted by Crippen LogP contribution is 2.20. The van der Waals surface area contributed by atoms with Gasteiger partial charge in [-0.2, -0.15) is 0 Å². The standard InChI is InChI=1S/C14H21ClFNO2S/c1-3-17-12(7-5-9-20(2,18)19)10-11-6-4-8-13(15)14(11)16/h4,6,8,12,17H,3,5,7,9-10H2,1-2H3. The van der Waals surface area contributed by atoms with Gasteiger partial charge in [0.2, 0.25) is 0 Å². The van der Waals surface area contributed by atoms with Crippen LogP contribution in [0.3, 0.4) is 0 Å². The molecule has 0 bridgehead atoms. The molecule has 1 N–H and O–H groups in total. The van der Waals surface area contributed by atoms with Crippen LogP contribution >= 0.6 is 11.6 Å². The van der Waals surface area contributed by atoms with E-state index in [1.165, 1.54) is 12.3 Å². The molecule has 20 heavy (non-hydrogen) atoms. The Labute approximate surface area is 125 Å². The molecule has 0 radical (unpaired) electrons. The molecule has 3 nitrogen and oxygen atoms in total. The molecule has 114 valence electrons. The molecule has 0 saturated carbocycles. The van der Waals surface area contributed by atoms with Crippen molar-refractivity contribution < 1.29 is 12.8 Å². The second-order valence-corrected chi connectivity index (χ2v) is 7.61. The summed E-state index contributed by atoms with van der Waals surface area (Å²) in [4.78, 5) is 0. The summed E-state index contributed by atoms with van der Waals surface area (Å²) in [6.07, 6.45) is 2.99. The van der Waals surface area contributed by atoms with Crippen molar-refractivity contribution >= 4 is 21.4 Å². The van der Waals surface area contributed by atoms with Crippen LogP contribution in [-0.4, -0.2) is 33.0 Å². The predicted octanol–water partition coefficient (Wildman–Crippen LogP) is 2.82. The Morgan fingerprint density at radius 3 is 2.70 bits per heavy atom. The Kier molecular flexibility index (Phi) is 6.92. The van der Waals surface area contributed by atoms with E-state index in [1.807, 2.05) is 6.92 Å². The topological polar surface area (TPSA) is 46.2 Å². The number of likely N-dealkylation sites (N-methyl/N-ethyl adjacent to an activating group) is 1. The maximum Gasteiger partial charge on any atom is 0.147 e. The molecule has 1 aromatic rings. The zero-order chi connectivity index (χ0) is 15.2. The van der Waals surface area contributed by atoms with Gasteiger partial charge < -0.3 is 5.32 Å². The highest BCUT2D eigenvalue weighted by atomic mass is 35.5. The van der Waals surface area contributed by atoms with Crippen LogP contribution in [0.2, 0.25) is 5.02 Å². The molecule has 0 amide bonds. The molecular formula is C14H21ClFNO2S. The lowest BCUT2D eigenvalue weighted by Gasteiger charge is -2.18. The molecule has 0 fully saturated rings. The van der Waals surface area contributed by atoms with E-state index in [9.17, 15) is 12.8 Å². The Balaban J connectivity index is 2.64. The van der Waals surface area contributed by atoms with Gasteiger partial charge in [-0.25, -0.2) is 12.8 Å². The fourth-order valence-electron chi connectivity index (χ4n) is 2.13. The summed E-state index contributed by atoms with van der Waals surface area (Å²) in [5.41, 5.74) is 0.558. The van der Waals surface area contributed by atoms with E-state index < -0.39 is 9.84 Å². The summed E-state index contributed by atoms with van der Waals surface area (Å²) in [5, 5.41) is 3.38. The molecule has 0 heterocycles. The van der Waals surface area contributed by atoms with Gasteiger partial charge in [-0.15, -0.1) is 0 Å². The van der Waals surface area contributed by atoms with Crippen molar-refractivity contribution in [1.29, 1.82) is 0 Å². The lowest BCUT2D eigenvalue weighted by atomic mass is 10.0. The number of nitrogens with one attached hydrogen (secondary N) is 1. The minimum Gasteiger partial charge on any atom is -0.314 e. The van der Waals surface area contributed by atoms with Crippen LogP contribution in [0.4, 0.5) is 4.39 Å². The van der Waals surface area contributed by atoms with Gasteiger partial charge in [-0.1, -0.05) is 30.7 Å². The molecule has 1 atom stereocenters. The monoisotopic (exact) mass is 321 g/mol. The van der Waals surface area contributed by atoms with Crippen LogP contribution in [0, 0.1) is 5.82 Å². The second kappa shape index (κ2) is 7.96. The number of rotatable bonds is 8. The third-order valence-electron chi connectivity index (χ3n) is 3.06. The lowest BCUT2D eigenvalue weighted by molar-refractivity contribution is 0.474. The van der Waals surface area contributed by atoms with E-state index in [0.717, 1.165) is 6.54 Å². The first kappa shape index (κ1) is 17.4. The first-order valence-corrected chi connectivity index (χ1v) is 9.11. The van der Waals surface area contributed by atoms with Gasteiger partial charge in [-0.05, 0) is 37.4 Å². The molecule has 0 saturated heterocycles. The molecule has 6 heteroatoms. The predicted molar refractivity (Wildman–Crippen MR) is 81.5 cm³/mol. The number of halogens is 2.